The van der Waals surface area contributed by atoms with Gasteiger partial charge in [0.1, 0.15) is 0 Å². The third-order valence-electron chi connectivity index (χ3n) is 1.35. The minimum absolute atomic E-state index is 0.0630. The Morgan fingerprint density at radius 3 is 1.31 bits per heavy atom. The van der Waals surface area contributed by atoms with Crippen LogP contribution in [-0.2, 0) is 13.6 Å². The van der Waals surface area contributed by atoms with Gasteiger partial charge in [-0.15, -0.1) is 0 Å². The van der Waals surface area contributed by atoms with Gasteiger partial charge in [0.15, 0.2) is 0 Å². The summed E-state index contributed by atoms with van der Waals surface area (Å²) in [6.45, 7) is 11.1. The maximum atomic E-state index is 12.1. The summed E-state index contributed by atoms with van der Waals surface area (Å²) in [7, 11) is -2.90. The molecule has 0 saturated heterocycles. The SMILES string of the molecule is CC(C)OP(=O)(OC(C)C)C(C)C. The van der Waals surface area contributed by atoms with Gasteiger partial charge < -0.3 is 9.05 Å². The van der Waals surface area contributed by atoms with Crippen LogP contribution >= 0.6 is 7.60 Å². The van der Waals surface area contributed by atoms with Gasteiger partial charge in [-0.05, 0) is 27.7 Å². The first-order chi connectivity index (χ1) is 5.78. The highest BCUT2D eigenvalue weighted by Crippen LogP contribution is 2.54. The van der Waals surface area contributed by atoms with Crippen molar-refractivity contribution >= 4 is 7.60 Å². The molecular weight excluding hydrogens is 187 g/mol. The monoisotopic (exact) mass is 208 g/mol. The molecule has 0 radical (unpaired) electrons. The van der Waals surface area contributed by atoms with Gasteiger partial charge in [0.2, 0.25) is 0 Å². The predicted octanol–water partition coefficient (Wildman–Crippen LogP) is 3.44. The maximum Gasteiger partial charge on any atom is 0.333 e. The predicted molar refractivity (Wildman–Crippen MR) is 55.2 cm³/mol. The second-order valence-corrected chi connectivity index (χ2v) is 6.48. The zero-order chi connectivity index (χ0) is 10.6. The molecule has 0 aliphatic carbocycles. The summed E-state index contributed by atoms with van der Waals surface area (Å²) in [4.78, 5) is 0. The van der Waals surface area contributed by atoms with Crippen molar-refractivity contribution in [3.63, 3.8) is 0 Å². The van der Waals surface area contributed by atoms with E-state index in [-0.39, 0.29) is 17.9 Å². The maximum absolute atomic E-state index is 12.1. The Kier molecular flexibility index (Phi) is 5.19. The van der Waals surface area contributed by atoms with E-state index >= 15 is 0 Å². The van der Waals surface area contributed by atoms with Crippen LogP contribution in [0.1, 0.15) is 41.5 Å². The zero-order valence-corrected chi connectivity index (χ0v) is 10.3. The molecule has 0 aromatic rings. The average Bonchev–Trinajstić information content (AvgIpc) is 1.82. The van der Waals surface area contributed by atoms with Gasteiger partial charge in [-0.25, -0.2) is 0 Å². The second-order valence-electron chi connectivity index (χ2n) is 3.94. The van der Waals surface area contributed by atoms with Crippen LogP contribution in [0.3, 0.4) is 0 Å². The zero-order valence-electron chi connectivity index (χ0n) is 9.40. The van der Waals surface area contributed by atoms with Crippen LogP contribution in [0.2, 0.25) is 0 Å². The van der Waals surface area contributed by atoms with E-state index in [1.165, 1.54) is 0 Å². The smallest absolute Gasteiger partial charge is 0.306 e. The molecule has 0 aromatic heterocycles. The molecule has 4 heteroatoms. The summed E-state index contributed by atoms with van der Waals surface area (Å²) in [5.74, 6) is 0. The molecule has 0 aromatic carbocycles. The van der Waals surface area contributed by atoms with E-state index in [9.17, 15) is 4.57 Å². The molecule has 0 N–H and O–H groups in total. The highest BCUT2D eigenvalue weighted by atomic mass is 31.2. The Balaban J connectivity index is 4.45. The van der Waals surface area contributed by atoms with Crippen LogP contribution in [0.15, 0.2) is 0 Å². The Labute approximate surface area is 81.3 Å². The normalized spacial score (nSPS) is 13.3. The fourth-order valence-corrected chi connectivity index (χ4v) is 2.57. The summed E-state index contributed by atoms with van der Waals surface area (Å²) >= 11 is 0. The van der Waals surface area contributed by atoms with Crippen LogP contribution in [0.4, 0.5) is 0 Å². The van der Waals surface area contributed by atoms with E-state index in [0.717, 1.165) is 0 Å². The van der Waals surface area contributed by atoms with Crippen LogP contribution < -0.4 is 0 Å². The summed E-state index contributed by atoms with van der Waals surface area (Å²) in [6.07, 6.45) is -0.126. The van der Waals surface area contributed by atoms with Crippen LogP contribution in [-0.4, -0.2) is 17.9 Å². The third-order valence-corrected chi connectivity index (χ3v) is 4.04. The van der Waals surface area contributed by atoms with Crippen molar-refractivity contribution in [3.05, 3.63) is 0 Å². The minimum atomic E-state index is -2.90. The molecule has 0 spiro atoms. The van der Waals surface area contributed by atoms with Gasteiger partial charge >= 0.3 is 7.60 Å². The lowest BCUT2D eigenvalue weighted by Crippen LogP contribution is -2.13. The lowest BCUT2D eigenvalue weighted by Gasteiger charge is -2.25. The molecule has 0 atom stereocenters. The van der Waals surface area contributed by atoms with Gasteiger partial charge in [0.25, 0.3) is 0 Å². The van der Waals surface area contributed by atoms with Crippen molar-refractivity contribution in [2.75, 3.05) is 0 Å². The summed E-state index contributed by atoms with van der Waals surface area (Å²) in [6, 6.07) is 0. The number of hydrogen-bond donors (Lipinski definition) is 0. The van der Waals surface area contributed by atoms with E-state index in [1.807, 2.05) is 41.5 Å². The lowest BCUT2D eigenvalue weighted by molar-refractivity contribution is 0.138. The van der Waals surface area contributed by atoms with Gasteiger partial charge in [0, 0.05) is 0 Å². The third kappa shape index (κ3) is 4.80. The Morgan fingerprint density at radius 1 is 0.846 bits per heavy atom. The highest BCUT2D eigenvalue weighted by molar-refractivity contribution is 7.54. The molecule has 0 fully saturated rings. The first kappa shape index (κ1) is 13.2. The van der Waals surface area contributed by atoms with Crippen LogP contribution in [0.5, 0.6) is 0 Å². The largest absolute Gasteiger partial charge is 0.333 e. The molecule has 0 aliphatic heterocycles. The van der Waals surface area contributed by atoms with Crippen molar-refractivity contribution in [2.24, 2.45) is 0 Å². The summed E-state index contributed by atoms with van der Waals surface area (Å²) in [5, 5.41) is 0. The van der Waals surface area contributed by atoms with Crippen molar-refractivity contribution in [3.8, 4) is 0 Å². The summed E-state index contributed by atoms with van der Waals surface area (Å²) in [5.41, 5.74) is -0.0858. The van der Waals surface area contributed by atoms with Crippen LogP contribution in [0, 0.1) is 0 Å². The van der Waals surface area contributed by atoms with E-state index in [4.69, 9.17) is 9.05 Å². The lowest BCUT2D eigenvalue weighted by atomic mass is 10.5. The summed E-state index contributed by atoms with van der Waals surface area (Å²) < 4.78 is 22.8. The van der Waals surface area contributed by atoms with Crippen molar-refractivity contribution < 1.29 is 13.6 Å². The first-order valence-electron chi connectivity index (χ1n) is 4.74. The fraction of sp³-hybridized carbons (Fsp3) is 1.00. The molecule has 0 heterocycles. The van der Waals surface area contributed by atoms with Crippen molar-refractivity contribution in [2.45, 2.75) is 59.4 Å². The molecule has 0 amide bonds. The van der Waals surface area contributed by atoms with E-state index in [1.54, 1.807) is 0 Å². The topological polar surface area (TPSA) is 35.5 Å². The molecule has 0 bridgehead atoms. The van der Waals surface area contributed by atoms with Crippen molar-refractivity contribution in [1.82, 2.24) is 0 Å². The molecule has 13 heavy (non-hydrogen) atoms. The van der Waals surface area contributed by atoms with Gasteiger partial charge in [0.05, 0.1) is 17.9 Å². The van der Waals surface area contributed by atoms with Crippen LogP contribution in [0.25, 0.3) is 0 Å². The van der Waals surface area contributed by atoms with E-state index < -0.39 is 7.60 Å². The highest BCUT2D eigenvalue weighted by Gasteiger charge is 2.31. The second kappa shape index (κ2) is 5.14. The molecule has 80 valence electrons. The fourth-order valence-electron chi connectivity index (χ4n) is 0.856. The first-order valence-corrected chi connectivity index (χ1v) is 6.35. The van der Waals surface area contributed by atoms with E-state index in [2.05, 4.69) is 0 Å². The van der Waals surface area contributed by atoms with E-state index in [0.29, 0.717) is 0 Å². The van der Waals surface area contributed by atoms with Gasteiger partial charge in [-0.3, -0.25) is 4.57 Å². The number of rotatable bonds is 5. The standard InChI is InChI=1S/C9H21O3P/c1-7(2)11-13(10,9(5)6)12-8(3)4/h7-9H,1-6H3. The van der Waals surface area contributed by atoms with Crippen molar-refractivity contribution in [1.29, 1.82) is 0 Å². The Morgan fingerprint density at radius 2 is 1.15 bits per heavy atom. The number of hydrogen-bond acceptors (Lipinski definition) is 3. The molecule has 0 unspecified atom stereocenters. The molecular formula is C9H21O3P. The van der Waals surface area contributed by atoms with Gasteiger partial charge in [-0.1, -0.05) is 13.8 Å². The molecule has 3 nitrogen and oxygen atoms in total. The quantitative estimate of drug-likeness (QED) is 0.649. The van der Waals surface area contributed by atoms with Gasteiger partial charge in [-0.2, -0.15) is 0 Å². The molecule has 0 aliphatic rings. The minimum Gasteiger partial charge on any atom is -0.306 e. The molecule has 0 rings (SSSR count). The average molecular weight is 208 g/mol. The Hall–Kier alpha value is 0.150. The molecule has 0 saturated carbocycles. The Bertz CT molecular complexity index is 173.